The summed E-state index contributed by atoms with van der Waals surface area (Å²) in [4.78, 5) is 0. The summed E-state index contributed by atoms with van der Waals surface area (Å²) in [6.45, 7) is 1.77. The van der Waals surface area contributed by atoms with Crippen molar-refractivity contribution in [2.45, 2.75) is 13.3 Å². The van der Waals surface area contributed by atoms with Crippen molar-refractivity contribution in [3.05, 3.63) is 51.0 Å². The molecule has 0 spiro atoms. The Morgan fingerprint density at radius 3 is 2.24 bits per heavy atom. The van der Waals surface area contributed by atoms with Gasteiger partial charge in [0.25, 0.3) is 0 Å². The van der Waals surface area contributed by atoms with E-state index in [1.807, 2.05) is 18.2 Å². The third-order valence-electron chi connectivity index (χ3n) is 3.72. The normalized spacial score (nSPS) is 11.0. The number of hydrogen-bond donors (Lipinski definition) is 2. The van der Waals surface area contributed by atoms with Gasteiger partial charge in [-0.05, 0) is 40.6 Å². The van der Waals surface area contributed by atoms with E-state index in [2.05, 4.69) is 27.1 Å². The van der Waals surface area contributed by atoms with Gasteiger partial charge in [0.15, 0.2) is 0 Å². The fourth-order valence-corrected chi connectivity index (χ4v) is 4.29. The zero-order valence-electron chi connectivity index (χ0n) is 14.0. The molecule has 0 aromatic heterocycles. The third kappa shape index (κ3) is 4.70. The van der Waals surface area contributed by atoms with E-state index in [-0.39, 0.29) is 0 Å². The second-order valence-corrected chi connectivity index (χ2v) is 8.10. The van der Waals surface area contributed by atoms with Crippen molar-refractivity contribution >= 4 is 63.0 Å². The smallest absolute Gasteiger partial charge is 0.141 e. The van der Waals surface area contributed by atoms with Crippen molar-refractivity contribution < 1.29 is 9.47 Å². The highest BCUT2D eigenvalue weighted by Crippen LogP contribution is 2.41. The number of rotatable bonds is 7. The minimum absolute atomic E-state index is 0.478. The average Bonchev–Trinajstić information content (AvgIpc) is 2.59. The molecule has 0 aliphatic rings. The van der Waals surface area contributed by atoms with Gasteiger partial charge in [0.2, 0.25) is 0 Å². The Morgan fingerprint density at radius 2 is 1.76 bits per heavy atom. The van der Waals surface area contributed by atoms with Crippen LogP contribution in [0.1, 0.15) is 23.6 Å². The molecule has 2 aromatic carbocycles. The Balaban J connectivity index is 2.49. The van der Waals surface area contributed by atoms with E-state index in [1.54, 1.807) is 27.2 Å². The van der Waals surface area contributed by atoms with Crippen LogP contribution in [0, 0.1) is 5.41 Å². The molecule has 0 saturated carbocycles. The van der Waals surface area contributed by atoms with Crippen LogP contribution in [0.2, 0.25) is 10.0 Å². The monoisotopic (exact) mass is 510 g/mol. The lowest BCUT2D eigenvalue weighted by molar-refractivity contribution is 0.394. The summed E-state index contributed by atoms with van der Waals surface area (Å²) in [5.41, 5.74) is 4.11. The topological polar surface area (TPSA) is 54.3 Å². The second kappa shape index (κ2) is 9.26. The Kier molecular flexibility index (Phi) is 7.62. The van der Waals surface area contributed by atoms with Crippen LogP contribution in [0.3, 0.4) is 0 Å². The number of benzene rings is 2. The quantitative estimate of drug-likeness (QED) is 0.259. The van der Waals surface area contributed by atoms with E-state index in [0.29, 0.717) is 40.1 Å². The van der Waals surface area contributed by atoms with Gasteiger partial charge in [0, 0.05) is 41.4 Å². The van der Waals surface area contributed by atoms with Gasteiger partial charge in [0.1, 0.15) is 11.5 Å². The van der Waals surface area contributed by atoms with Crippen molar-refractivity contribution in [2.75, 3.05) is 19.3 Å². The SMILES string of the molecule is COc1cc(OC)c(Cl)c(Cc2ccc(C(C)=N)c(NPI)c2)c1Cl. The molecule has 1 unspecified atom stereocenters. The van der Waals surface area contributed by atoms with Crippen LogP contribution in [-0.2, 0) is 6.42 Å². The van der Waals surface area contributed by atoms with E-state index in [4.69, 9.17) is 38.1 Å². The molecular formula is C17H18Cl2IN2O2P. The third-order valence-corrected chi connectivity index (χ3v) is 5.72. The molecule has 2 rings (SSSR count). The first-order valence-corrected chi connectivity index (χ1v) is 12.2. The molecular weight excluding hydrogens is 493 g/mol. The fraction of sp³-hybridized carbons (Fsp3) is 0.235. The highest BCUT2D eigenvalue weighted by Gasteiger charge is 2.18. The zero-order chi connectivity index (χ0) is 18.6. The molecule has 2 aromatic rings. The van der Waals surface area contributed by atoms with Gasteiger partial charge in [0.05, 0.1) is 24.3 Å². The van der Waals surface area contributed by atoms with E-state index in [1.165, 1.54) is 0 Å². The summed E-state index contributed by atoms with van der Waals surface area (Å²) in [6.07, 6.45) is 1.04. The Bertz CT molecular complexity index is 774. The summed E-state index contributed by atoms with van der Waals surface area (Å²) in [5, 5.41) is 12.2. The minimum Gasteiger partial charge on any atom is -0.495 e. The van der Waals surface area contributed by atoms with Gasteiger partial charge < -0.3 is 20.0 Å². The van der Waals surface area contributed by atoms with E-state index in [0.717, 1.165) is 22.4 Å². The molecule has 0 radical (unpaired) electrons. The summed E-state index contributed by atoms with van der Waals surface area (Å²) >= 11 is 15.2. The molecule has 1 atom stereocenters. The number of hydrogen-bond acceptors (Lipinski definition) is 4. The number of methoxy groups -OCH3 is 2. The molecule has 2 N–H and O–H groups in total. The van der Waals surface area contributed by atoms with Crippen LogP contribution in [-0.4, -0.2) is 19.9 Å². The number of anilines is 1. The van der Waals surface area contributed by atoms with Crippen LogP contribution >= 0.6 is 51.6 Å². The molecule has 0 aliphatic carbocycles. The summed E-state index contributed by atoms with van der Waals surface area (Å²) in [7, 11) is 3.12. The summed E-state index contributed by atoms with van der Waals surface area (Å²) in [5.74, 6) is 1.05. The van der Waals surface area contributed by atoms with Gasteiger partial charge in [-0.15, -0.1) is 0 Å². The Morgan fingerprint density at radius 1 is 1.16 bits per heavy atom. The molecule has 0 fully saturated rings. The fourth-order valence-electron chi connectivity index (χ4n) is 2.48. The largest absolute Gasteiger partial charge is 0.495 e. The minimum atomic E-state index is 0.478. The van der Waals surface area contributed by atoms with Crippen molar-refractivity contribution in [1.29, 1.82) is 5.41 Å². The highest BCUT2D eigenvalue weighted by atomic mass is 127. The maximum Gasteiger partial charge on any atom is 0.141 e. The molecule has 0 bridgehead atoms. The van der Waals surface area contributed by atoms with Crippen LogP contribution < -0.4 is 14.6 Å². The summed E-state index contributed by atoms with van der Waals surface area (Å²) < 4.78 is 10.6. The number of halogens is 3. The highest BCUT2D eigenvalue weighted by molar-refractivity contribution is 14.2. The van der Waals surface area contributed by atoms with Gasteiger partial charge in [-0.25, -0.2) is 0 Å². The van der Waals surface area contributed by atoms with Gasteiger partial charge in [-0.3, -0.25) is 0 Å². The van der Waals surface area contributed by atoms with Gasteiger partial charge in [-0.2, -0.15) is 0 Å². The van der Waals surface area contributed by atoms with Crippen LogP contribution in [0.4, 0.5) is 5.69 Å². The van der Waals surface area contributed by atoms with E-state index >= 15 is 0 Å². The molecule has 0 aliphatic heterocycles. The Labute approximate surface area is 172 Å². The molecule has 25 heavy (non-hydrogen) atoms. The van der Waals surface area contributed by atoms with Gasteiger partial charge >= 0.3 is 0 Å². The lowest BCUT2D eigenvalue weighted by atomic mass is 10.00. The Hall–Kier alpha value is -0.750. The number of ether oxygens (including phenoxy) is 2. The van der Waals surface area contributed by atoms with Crippen molar-refractivity contribution in [3.63, 3.8) is 0 Å². The molecule has 8 heteroatoms. The van der Waals surface area contributed by atoms with Crippen molar-refractivity contribution in [2.24, 2.45) is 0 Å². The maximum atomic E-state index is 7.91. The van der Waals surface area contributed by atoms with Crippen LogP contribution in [0.25, 0.3) is 0 Å². The first-order valence-electron chi connectivity index (χ1n) is 7.31. The predicted octanol–water partition coefficient (Wildman–Crippen LogP) is 6.34. The zero-order valence-corrected chi connectivity index (χ0v) is 18.6. The van der Waals surface area contributed by atoms with E-state index < -0.39 is 0 Å². The lowest BCUT2D eigenvalue weighted by Gasteiger charge is -2.16. The molecule has 4 nitrogen and oxygen atoms in total. The molecule has 0 heterocycles. The molecule has 0 amide bonds. The van der Waals surface area contributed by atoms with Crippen molar-refractivity contribution in [1.82, 2.24) is 0 Å². The van der Waals surface area contributed by atoms with Gasteiger partial charge in [-0.1, -0.05) is 35.3 Å². The average molecular weight is 511 g/mol. The lowest BCUT2D eigenvalue weighted by Crippen LogP contribution is -2.01. The number of nitrogens with one attached hydrogen (secondary N) is 2. The first kappa shape index (κ1) is 20.6. The van der Waals surface area contributed by atoms with Crippen molar-refractivity contribution in [3.8, 4) is 11.5 Å². The second-order valence-electron chi connectivity index (χ2n) is 5.29. The van der Waals surface area contributed by atoms with Crippen LogP contribution in [0.5, 0.6) is 11.5 Å². The van der Waals surface area contributed by atoms with E-state index in [9.17, 15) is 0 Å². The maximum absolute atomic E-state index is 7.91. The van der Waals surface area contributed by atoms with Crippen LogP contribution in [0.15, 0.2) is 24.3 Å². The molecule has 0 saturated heterocycles. The first-order chi connectivity index (χ1) is 11.9. The summed E-state index contributed by atoms with van der Waals surface area (Å²) in [6, 6.07) is 7.63. The predicted molar refractivity (Wildman–Crippen MR) is 117 cm³/mol. The molecule has 134 valence electrons. The standard InChI is InChI=1S/C17H18Cl2IN2O2P/c1-9(21)11-5-4-10(7-13(11)22-25-20)6-12-16(18)14(23-2)8-15(24-3)17(12)19/h4-5,7-8,21-22,25H,6H2,1-3H3.